The summed E-state index contributed by atoms with van der Waals surface area (Å²) >= 11 is 0. The molecule has 0 amide bonds. The van der Waals surface area contributed by atoms with E-state index in [9.17, 15) is 4.79 Å². The number of H-pyrrole nitrogens is 1. The first kappa shape index (κ1) is 13.2. The average molecular weight is 259 g/mol. The van der Waals surface area contributed by atoms with Crippen molar-refractivity contribution in [2.75, 3.05) is 12.1 Å². The number of oxazole rings is 1. The van der Waals surface area contributed by atoms with E-state index < -0.39 is 5.76 Å². The number of hydrogen-bond donors (Lipinski definition) is 1. The van der Waals surface area contributed by atoms with E-state index in [1.807, 2.05) is 6.07 Å². The minimum atomic E-state index is -0.407. The second kappa shape index (κ2) is 6.06. The Morgan fingerprint density at radius 2 is 2.00 bits per heavy atom. The molecule has 1 N–H and O–H groups in total. The van der Waals surface area contributed by atoms with Crippen LogP contribution in [0.1, 0.15) is 6.92 Å². The minimum absolute atomic E-state index is 0.407. The van der Waals surface area contributed by atoms with Crippen LogP contribution in [0.3, 0.4) is 0 Å². The molecule has 1 aromatic heterocycles. The zero-order chi connectivity index (χ0) is 13.7. The largest absolute Gasteiger partial charge is 0.417 e. The Bertz CT molecular complexity index is 557. The molecule has 5 nitrogen and oxygen atoms in total. The van der Waals surface area contributed by atoms with Crippen LogP contribution in [0.15, 0.2) is 64.3 Å². The molecule has 1 unspecified atom stereocenters. The zero-order valence-electron chi connectivity index (χ0n) is 11.0. The van der Waals surface area contributed by atoms with Gasteiger partial charge in [0.25, 0.3) is 0 Å². The smallest absolute Gasteiger partial charge is 0.416 e. The molecule has 0 fully saturated rings. The number of rotatable bonds is 1. The maximum Gasteiger partial charge on any atom is 0.416 e. The first-order chi connectivity index (χ1) is 9.18. The lowest BCUT2D eigenvalue weighted by Crippen LogP contribution is -2.35. The Morgan fingerprint density at radius 1 is 1.26 bits per heavy atom. The fraction of sp³-hybridized carbons (Fsp3) is 0.214. The molecular formula is C14H17N3O2. The van der Waals surface area contributed by atoms with E-state index in [1.165, 1.54) is 18.1 Å². The molecule has 5 heteroatoms. The number of aromatic nitrogens is 1. The minimum Gasteiger partial charge on any atom is -0.417 e. The Kier molecular flexibility index (Phi) is 4.20. The fourth-order valence-electron chi connectivity index (χ4n) is 1.71. The summed E-state index contributed by atoms with van der Waals surface area (Å²) in [5.41, 5.74) is 1.21. The predicted octanol–water partition coefficient (Wildman–Crippen LogP) is 2.22. The third-order valence-electron chi connectivity index (χ3n) is 2.90. The topological polar surface area (TPSA) is 52.5 Å². The zero-order valence-corrected chi connectivity index (χ0v) is 11.0. The molecule has 0 aliphatic carbocycles. The van der Waals surface area contributed by atoms with Crippen LogP contribution in [0.4, 0.5) is 5.69 Å². The highest BCUT2D eigenvalue weighted by atomic mass is 16.4. The Balaban J connectivity index is 0.000000186. The second-order valence-corrected chi connectivity index (χ2v) is 4.19. The van der Waals surface area contributed by atoms with Gasteiger partial charge >= 0.3 is 5.76 Å². The molecule has 3 rings (SSSR count). The SMILES string of the molecule is CC1C=CN(c2ccccc2)N1C.O=c1[nH]cco1. The molecule has 0 bridgehead atoms. The monoisotopic (exact) mass is 259 g/mol. The standard InChI is InChI=1S/C11H14N2.C3H3NO2/c1-10-8-9-13(12(10)2)11-6-4-3-5-7-11;5-3-4-1-2-6-3/h3-10H,1-2H3;1-2H,(H,4,5). The van der Waals surface area contributed by atoms with Crippen molar-refractivity contribution in [1.29, 1.82) is 0 Å². The number of nitrogens with zero attached hydrogens (tertiary/aromatic N) is 2. The predicted molar refractivity (Wildman–Crippen MR) is 74.6 cm³/mol. The highest BCUT2D eigenvalue weighted by Crippen LogP contribution is 2.21. The number of benzene rings is 1. The summed E-state index contributed by atoms with van der Waals surface area (Å²) in [6.45, 7) is 2.18. The molecule has 100 valence electrons. The normalized spacial score (nSPS) is 18.2. The number of nitrogens with one attached hydrogen (secondary N) is 1. The van der Waals surface area contributed by atoms with Gasteiger partial charge in [-0.2, -0.15) is 0 Å². The molecular weight excluding hydrogens is 242 g/mol. The molecule has 1 aromatic carbocycles. The lowest BCUT2D eigenvalue weighted by molar-refractivity contribution is 0.322. The van der Waals surface area contributed by atoms with Crippen LogP contribution in [0.25, 0.3) is 0 Å². The molecule has 1 aliphatic heterocycles. The Morgan fingerprint density at radius 3 is 2.42 bits per heavy atom. The number of aromatic amines is 1. The third kappa shape index (κ3) is 3.35. The maximum absolute atomic E-state index is 9.85. The van der Waals surface area contributed by atoms with Crippen molar-refractivity contribution in [3.05, 3.63) is 65.6 Å². The van der Waals surface area contributed by atoms with Gasteiger partial charge in [-0.05, 0) is 25.1 Å². The number of anilines is 1. The highest BCUT2D eigenvalue weighted by Gasteiger charge is 2.18. The summed E-state index contributed by atoms with van der Waals surface area (Å²) in [5, 5.41) is 4.36. The highest BCUT2D eigenvalue weighted by molar-refractivity contribution is 5.49. The molecule has 1 aliphatic rings. The molecule has 2 aromatic rings. The van der Waals surface area contributed by atoms with E-state index in [0.29, 0.717) is 6.04 Å². The van der Waals surface area contributed by atoms with Crippen LogP contribution in [-0.4, -0.2) is 23.1 Å². The van der Waals surface area contributed by atoms with Crippen LogP contribution >= 0.6 is 0 Å². The molecule has 1 atom stereocenters. The van der Waals surface area contributed by atoms with E-state index >= 15 is 0 Å². The van der Waals surface area contributed by atoms with E-state index in [0.717, 1.165) is 0 Å². The molecule has 2 heterocycles. The number of hydrogen-bond acceptors (Lipinski definition) is 4. The van der Waals surface area contributed by atoms with Crippen LogP contribution < -0.4 is 10.8 Å². The van der Waals surface area contributed by atoms with Gasteiger partial charge in [-0.1, -0.05) is 18.2 Å². The van der Waals surface area contributed by atoms with Gasteiger partial charge in [-0.3, -0.25) is 9.99 Å². The number of hydrazine groups is 1. The maximum atomic E-state index is 9.85. The van der Waals surface area contributed by atoms with Gasteiger partial charge in [-0.15, -0.1) is 0 Å². The second-order valence-electron chi connectivity index (χ2n) is 4.19. The Labute approximate surface area is 111 Å². The van der Waals surface area contributed by atoms with E-state index in [2.05, 4.69) is 69.9 Å². The van der Waals surface area contributed by atoms with Gasteiger partial charge in [-0.25, -0.2) is 9.80 Å². The Hall–Kier alpha value is -2.27. The third-order valence-corrected chi connectivity index (χ3v) is 2.90. The molecule has 0 saturated heterocycles. The lowest BCUT2D eigenvalue weighted by atomic mass is 10.3. The van der Waals surface area contributed by atoms with Crippen LogP contribution in [0, 0.1) is 0 Å². The van der Waals surface area contributed by atoms with Crippen molar-refractivity contribution < 1.29 is 4.42 Å². The summed E-state index contributed by atoms with van der Waals surface area (Å²) < 4.78 is 4.22. The van der Waals surface area contributed by atoms with Gasteiger partial charge in [0.2, 0.25) is 0 Å². The van der Waals surface area contributed by atoms with Gasteiger partial charge < -0.3 is 4.42 Å². The van der Waals surface area contributed by atoms with Crippen LogP contribution in [-0.2, 0) is 0 Å². The van der Waals surface area contributed by atoms with Crippen molar-refractivity contribution in [1.82, 2.24) is 9.99 Å². The van der Waals surface area contributed by atoms with E-state index in [1.54, 1.807) is 0 Å². The average Bonchev–Trinajstić information content (AvgIpc) is 3.03. The van der Waals surface area contributed by atoms with Crippen molar-refractivity contribution in [2.24, 2.45) is 0 Å². The summed E-state index contributed by atoms with van der Waals surface area (Å²) in [6, 6.07) is 10.9. The lowest BCUT2D eigenvalue weighted by Gasteiger charge is -2.28. The van der Waals surface area contributed by atoms with Gasteiger partial charge in [0.05, 0.1) is 5.69 Å². The molecule has 0 saturated carbocycles. The van der Waals surface area contributed by atoms with Crippen molar-refractivity contribution in [3.8, 4) is 0 Å². The number of likely N-dealkylation sites (N-methyl/N-ethyl adjacent to an activating group) is 1. The van der Waals surface area contributed by atoms with Crippen molar-refractivity contribution in [3.63, 3.8) is 0 Å². The van der Waals surface area contributed by atoms with Gasteiger partial charge in [0.1, 0.15) is 6.26 Å². The first-order valence-electron chi connectivity index (χ1n) is 6.06. The quantitative estimate of drug-likeness (QED) is 0.853. The van der Waals surface area contributed by atoms with Gasteiger partial charge in [0.15, 0.2) is 0 Å². The van der Waals surface area contributed by atoms with E-state index in [-0.39, 0.29) is 0 Å². The van der Waals surface area contributed by atoms with Gasteiger partial charge in [0, 0.05) is 25.5 Å². The van der Waals surface area contributed by atoms with E-state index in [4.69, 9.17) is 0 Å². The summed E-state index contributed by atoms with van der Waals surface area (Å²) in [4.78, 5) is 12.1. The van der Waals surface area contributed by atoms with Crippen LogP contribution in [0.2, 0.25) is 0 Å². The molecule has 0 radical (unpaired) electrons. The summed E-state index contributed by atoms with van der Waals surface area (Å²) in [5.74, 6) is -0.407. The van der Waals surface area contributed by atoms with Crippen molar-refractivity contribution in [2.45, 2.75) is 13.0 Å². The van der Waals surface area contributed by atoms with Crippen LogP contribution in [0.5, 0.6) is 0 Å². The summed E-state index contributed by atoms with van der Waals surface area (Å²) in [7, 11) is 2.09. The van der Waals surface area contributed by atoms with Crippen molar-refractivity contribution >= 4 is 5.69 Å². The molecule has 19 heavy (non-hydrogen) atoms. The summed E-state index contributed by atoms with van der Waals surface area (Å²) in [6.07, 6.45) is 7.03. The first-order valence-corrected chi connectivity index (χ1v) is 6.06. The molecule has 0 spiro atoms. The fourth-order valence-corrected chi connectivity index (χ4v) is 1.71. The number of para-hydroxylation sites is 1.